The van der Waals surface area contributed by atoms with Gasteiger partial charge in [-0.15, -0.1) is 0 Å². The highest BCUT2D eigenvalue weighted by Crippen LogP contribution is 2.23. The lowest BCUT2D eigenvalue weighted by Gasteiger charge is -2.08. The molecule has 0 radical (unpaired) electrons. The number of rotatable bonds is 6. The van der Waals surface area contributed by atoms with Gasteiger partial charge in [0.15, 0.2) is 0 Å². The second-order valence-corrected chi connectivity index (χ2v) is 6.23. The Morgan fingerprint density at radius 3 is 2.50 bits per heavy atom. The van der Waals surface area contributed by atoms with Gasteiger partial charge in [0, 0.05) is 28.3 Å². The standard InChI is InChI=1S/C17H16BrN3O5/c1-11-10-14(6-7-15(11)21(24)25)26-16(22)8-9-19-17(23)20-13-4-2-12(18)3-5-13/h2-7,10H,8-9H2,1H3,(H2,19,20,23). The first-order valence-electron chi connectivity index (χ1n) is 7.61. The lowest BCUT2D eigenvalue weighted by Crippen LogP contribution is -2.31. The van der Waals surface area contributed by atoms with E-state index in [-0.39, 0.29) is 24.4 Å². The number of nitrogens with zero attached hydrogens (tertiary/aromatic N) is 1. The lowest BCUT2D eigenvalue weighted by atomic mass is 10.2. The number of urea groups is 1. The number of amides is 2. The van der Waals surface area contributed by atoms with E-state index in [1.54, 1.807) is 31.2 Å². The van der Waals surface area contributed by atoms with Crippen molar-refractivity contribution >= 4 is 39.3 Å². The minimum absolute atomic E-state index is 0.0379. The normalized spacial score (nSPS) is 10.1. The van der Waals surface area contributed by atoms with E-state index < -0.39 is 16.9 Å². The van der Waals surface area contributed by atoms with Crippen molar-refractivity contribution in [3.63, 3.8) is 0 Å². The molecule has 0 heterocycles. The lowest BCUT2D eigenvalue weighted by molar-refractivity contribution is -0.385. The van der Waals surface area contributed by atoms with Crippen LogP contribution >= 0.6 is 15.9 Å². The maximum atomic E-state index is 11.8. The Balaban J connectivity index is 1.76. The first kappa shape index (κ1) is 19.4. The van der Waals surface area contributed by atoms with Crippen molar-refractivity contribution in [2.45, 2.75) is 13.3 Å². The number of nitro groups is 1. The molecular weight excluding hydrogens is 406 g/mol. The van der Waals surface area contributed by atoms with Gasteiger partial charge in [-0.1, -0.05) is 15.9 Å². The molecule has 2 aromatic rings. The van der Waals surface area contributed by atoms with Crippen molar-refractivity contribution in [3.8, 4) is 5.75 Å². The van der Waals surface area contributed by atoms with Crippen LogP contribution < -0.4 is 15.4 Å². The number of anilines is 1. The number of carbonyl (C=O) groups excluding carboxylic acids is 2. The fraction of sp³-hybridized carbons (Fsp3) is 0.176. The highest BCUT2D eigenvalue weighted by Gasteiger charge is 2.13. The van der Waals surface area contributed by atoms with Gasteiger partial charge in [-0.25, -0.2) is 4.79 Å². The zero-order valence-electron chi connectivity index (χ0n) is 13.8. The number of carbonyl (C=O) groups is 2. The molecule has 0 saturated carbocycles. The molecule has 0 aliphatic rings. The van der Waals surface area contributed by atoms with Gasteiger partial charge < -0.3 is 15.4 Å². The number of nitro benzene ring substituents is 1. The average molecular weight is 422 g/mol. The minimum Gasteiger partial charge on any atom is -0.426 e. The molecule has 0 aliphatic carbocycles. The molecule has 8 nitrogen and oxygen atoms in total. The third kappa shape index (κ3) is 5.85. The molecule has 2 N–H and O–H groups in total. The number of esters is 1. The second kappa shape index (κ2) is 8.95. The number of benzene rings is 2. The van der Waals surface area contributed by atoms with E-state index in [4.69, 9.17) is 4.74 Å². The van der Waals surface area contributed by atoms with E-state index in [2.05, 4.69) is 26.6 Å². The molecule has 0 unspecified atom stereocenters. The van der Waals surface area contributed by atoms with Gasteiger partial charge in [0.1, 0.15) is 5.75 Å². The summed E-state index contributed by atoms with van der Waals surface area (Å²) < 4.78 is 6.00. The molecular formula is C17H16BrN3O5. The number of hydrogen-bond acceptors (Lipinski definition) is 5. The largest absolute Gasteiger partial charge is 0.426 e. The van der Waals surface area contributed by atoms with Crippen molar-refractivity contribution in [3.05, 3.63) is 62.6 Å². The molecule has 0 spiro atoms. The van der Waals surface area contributed by atoms with E-state index >= 15 is 0 Å². The fourth-order valence-electron chi connectivity index (χ4n) is 2.07. The van der Waals surface area contributed by atoms with Crippen LogP contribution in [0.3, 0.4) is 0 Å². The van der Waals surface area contributed by atoms with E-state index in [9.17, 15) is 19.7 Å². The molecule has 0 saturated heterocycles. The summed E-state index contributed by atoms with van der Waals surface area (Å²) in [6.45, 7) is 1.65. The van der Waals surface area contributed by atoms with Gasteiger partial charge in [-0.2, -0.15) is 0 Å². The van der Waals surface area contributed by atoms with Crippen molar-refractivity contribution in [2.75, 3.05) is 11.9 Å². The van der Waals surface area contributed by atoms with Crippen LogP contribution in [0.15, 0.2) is 46.9 Å². The summed E-state index contributed by atoms with van der Waals surface area (Å²) in [7, 11) is 0. The van der Waals surface area contributed by atoms with Crippen LogP contribution in [-0.4, -0.2) is 23.5 Å². The molecule has 2 amide bonds. The topological polar surface area (TPSA) is 111 Å². The molecule has 0 bridgehead atoms. The SMILES string of the molecule is Cc1cc(OC(=O)CCNC(=O)Nc2ccc(Br)cc2)ccc1[N+](=O)[O-]. The summed E-state index contributed by atoms with van der Waals surface area (Å²) in [5, 5.41) is 15.9. The van der Waals surface area contributed by atoms with Gasteiger partial charge >= 0.3 is 12.0 Å². The van der Waals surface area contributed by atoms with Crippen molar-refractivity contribution in [1.29, 1.82) is 0 Å². The zero-order valence-corrected chi connectivity index (χ0v) is 15.4. The Bertz CT molecular complexity index is 824. The Labute approximate surface area is 157 Å². The average Bonchev–Trinajstić information content (AvgIpc) is 2.56. The first-order chi connectivity index (χ1) is 12.3. The smallest absolute Gasteiger partial charge is 0.319 e. The number of nitrogens with one attached hydrogen (secondary N) is 2. The third-order valence-electron chi connectivity index (χ3n) is 3.31. The summed E-state index contributed by atoms with van der Waals surface area (Å²) in [5.74, 6) is -0.334. The molecule has 0 aromatic heterocycles. The molecule has 136 valence electrons. The summed E-state index contributed by atoms with van der Waals surface area (Å²) in [6, 6.07) is 10.7. The Hall–Kier alpha value is -2.94. The van der Waals surface area contributed by atoms with E-state index in [1.807, 2.05) is 0 Å². The van der Waals surface area contributed by atoms with Crippen LogP contribution in [0.4, 0.5) is 16.2 Å². The number of aryl methyl sites for hydroxylation is 1. The molecule has 0 fully saturated rings. The zero-order chi connectivity index (χ0) is 19.1. The predicted molar refractivity (Wildman–Crippen MR) is 99.2 cm³/mol. The van der Waals surface area contributed by atoms with Crippen molar-refractivity contribution < 1.29 is 19.2 Å². The van der Waals surface area contributed by atoms with Crippen molar-refractivity contribution in [2.24, 2.45) is 0 Å². The first-order valence-corrected chi connectivity index (χ1v) is 8.40. The number of ether oxygens (including phenoxy) is 1. The Morgan fingerprint density at radius 1 is 1.19 bits per heavy atom. The number of halogens is 1. The summed E-state index contributed by atoms with van der Waals surface area (Å²) in [4.78, 5) is 33.8. The molecule has 26 heavy (non-hydrogen) atoms. The quantitative estimate of drug-likeness (QED) is 0.319. The van der Waals surface area contributed by atoms with Gasteiger partial charge in [-0.05, 0) is 43.3 Å². The summed E-state index contributed by atoms with van der Waals surface area (Å²) in [6.07, 6.45) is -0.0379. The maximum absolute atomic E-state index is 11.8. The van der Waals surface area contributed by atoms with Gasteiger partial charge in [0.25, 0.3) is 5.69 Å². The van der Waals surface area contributed by atoms with Crippen molar-refractivity contribution in [1.82, 2.24) is 5.32 Å². The van der Waals surface area contributed by atoms with E-state index in [0.717, 1.165) is 4.47 Å². The maximum Gasteiger partial charge on any atom is 0.319 e. The van der Waals surface area contributed by atoms with Crippen LogP contribution in [0, 0.1) is 17.0 Å². The van der Waals surface area contributed by atoms with E-state index in [1.165, 1.54) is 18.2 Å². The molecule has 2 aromatic carbocycles. The molecule has 2 rings (SSSR count). The van der Waals surface area contributed by atoms with Gasteiger partial charge in [0.05, 0.1) is 11.3 Å². The third-order valence-corrected chi connectivity index (χ3v) is 3.84. The Kier molecular flexibility index (Phi) is 6.67. The van der Waals surface area contributed by atoms with Crippen LogP contribution in [0.2, 0.25) is 0 Å². The second-order valence-electron chi connectivity index (χ2n) is 5.32. The molecule has 0 atom stereocenters. The van der Waals surface area contributed by atoms with Crippen LogP contribution in [-0.2, 0) is 4.79 Å². The van der Waals surface area contributed by atoms with Gasteiger partial charge in [0.2, 0.25) is 0 Å². The summed E-state index contributed by atoms with van der Waals surface area (Å²) in [5.41, 5.74) is 0.970. The molecule has 0 aliphatic heterocycles. The fourth-order valence-corrected chi connectivity index (χ4v) is 2.33. The number of hydrogen-bond donors (Lipinski definition) is 2. The Morgan fingerprint density at radius 2 is 1.88 bits per heavy atom. The van der Waals surface area contributed by atoms with Gasteiger partial charge in [-0.3, -0.25) is 14.9 Å². The monoisotopic (exact) mass is 421 g/mol. The van der Waals surface area contributed by atoms with Crippen LogP contribution in [0.1, 0.15) is 12.0 Å². The van der Waals surface area contributed by atoms with E-state index in [0.29, 0.717) is 11.3 Å². The molecule has 9 heteroatoms. The van der Waals surface area contributed by atoms with Crippen LogP contribution in [0.25, 0.3) is 0 Å². The van der Waals surface area contributed by atoms with Crippen LogP contribution in [0.5, 0.6) is 5.75 Å². The summed E-state index contributed by atoms with van der Waals surface area (Å²) >= 11 is 3.30. The predicted octanol–water partition coefficient (Wildman–Crippen LogP) is 3.78. The minimum atomic E-state index is -0.554. The highest BCUT2D eigenvalue weighted by molar-refractivity contribution is 9.10. The highest BCUT2D eigenvalue weighted by atomic mass is 79.9.